The number of hydrogen-bond acceptors (Lipinski definition) is 4. The summed E-state index contributed by atoms with van der Waals surface area (Å²) < 4.78 is 5.72. The molecule has 0 fully saturated rings. The van der Waals surface area contributed by atoms with E-state index in [1.165, 1.54) is 0 Å². The lowest BCUT2D eigenvalue weighted by molar-refractivity contribution is -0.114. The van der Waals surface area contributed by atoms with Gasteiger partial charge in [-0.3, -0.25) is 9.59 Å². The van der Waals surface area contributed by atoms with Gasteiger partial charge in [0.25, 0.3) is 5.91 Å². The van der Waals surface area contributed by atoms with Gasteiger partial charge in [-0.15, -0.1) is 0 Å². The number of carbonyl (C=O) groups is 2. The SMILES string of the molecule is CC(C)CCOc1ccc(NCC(=O)Nc2cccc(C(=O)N(C)Cc3ccccc3)c2)cc1. The highest BCUT2D eigenvalue weighted by Gasteiger charge is 2.13. The molecular formula is C28H33N3O3. The number of benzene rings is 3. The maximum atomic E-state index is 12.8. The van der Waals surface area contributed by atoms with E-state index >= 15 is 0 Å². The lowest BCUT2D eigenvalue weighted by atomic mass is 10.1. The Balaban J connectivity index is 1.48. The minimum atomic E-state index is -0.195. The van der Waals surface area contributed by atoms with Gasteiger partial charge in [-0.2, -0.15) is 0 Å². The number of ether oxygens (including phenoxy) is 1. The molecule has 0 aromatic heterocycles. The Bertz CT molecular complexity index is 1070. The van der Waals surface area contributed by atoms with Crippen molar-refractivity contribution in [2.45, 2.75) is 26.8 Å². The van der Waals surface area contributed by atoms with Crippen LogP contribution in [-0.2, 0) is 11.3 Å². The smallest absolute Gasteiger partial charge is 0.253 e. The van der Waals surface area contributed by atoms with Gasteiger partial charge < -0.3 is 20.3 Å². The average molecular weight is 460 g/mol. The van der Waals surface area contributed by atoms with Crippen LogP contribution in [0.1, 0.15) is 36.2 Å². The molecule has 0 atom stereocenters. The summed E-state index contributed by atoms with van der Waals surface area (Å²) in [5.41, 5.74) is 3.00. The van der Waals surface area contributed by atoms with E-state index in [0.29, 0.717) is 30.3 Å². The summed E-state index contributed by atoms with van der Waals surface area (Å²) in [5.74, 6) is 1.12. The molecule has 0 radical (unpaired) electrons. The van der Waals surface area contributed by atoms with Crippen molar-refractivity contribution in [1.29, 1.82) is 0 Å². The van der Waals surface area contributed by atoms with E-state index in [4.69, 9.17) is 4.74 Å². The van der Waals surface area contributed by atoms with Crippen LogP contribution in [0.15, 0.2) is 78.9 Å². The Labute approximate surface area is 201 Å². The summed E-state index contributed by atoms with van der Waals surface area (Å²) >= 11 is 0. The Morgan fingerprint density at radius 3 is 2.35 bits per heavy atom. The van der Waals surface area contributed by atoms with Gasteiger partial charge in [-0.1, -0.05) is 50.2 Å². The molecule has 178 valence electrons. The number of nitrogens with zero attached hydrogens (tertiary/aromatic N) is 1. The Morgan fingerprint density at radius 1 is 0.912 bits per heavy atom. The van der Waals surface area contributed by atoms with Crippen molar-refractivity contribution in [3.8, 4) is 5.75 Å². The van der Waals surface area contributed by atoms with E-state index in [9.17, 15) is 9.59 Å². The summed E-state index contributed by atoms with van der Waals surface area (Å²) in [4.78, 5) is 26.9. The first-order valence-electron chi connectivity index (χ1n) is 11.6. The molecule has 3 aromatic carbocycles. The molecular weight excluding hydrogens is 426 g/mol. The van der Waals surface area contributed by atoms with Crippen LogP contribution >= 0.6 is 0 Å². The van der Waals surface area contributed by atoms with E-state index in [0.717, 1.165) is 23.4 Å². The van der Waals surface area contributed by atoms with Crippen LogP contribution in [-0.4, -0.2) is 36.9 Å². The molecule has 2 amide bonds. The molecule has 0 bridgehead atoms. The number of anilines is 2. The summed E-state index contributed by atoms with van der Waals surface area (Å²) in [5, 5.41) is 5.96. The highest BCUT2D eigenvalue weighted by molar-refractivity contribution is 5.98. The van der Waals surface area contributed by atoms with Gasteiger partial charge in [-0.25, -0.2) is 0 Å². The van der Waals surface area contributed by atoms with Crippen molar-refractivity contribution in [3.63, 3.8) is 0 Å². The van der Waals surface area contributed by atoms with Crippen LogP contribution in [0.3, 0.4) is 0 Å². The Morgan fingerprint density at radius 2 is 1.65 bits per heavy atom. The monoisotopic (exact) mass is 459 g/mol. The first kappa shape index (κ1) is 24.8. The second kappa shape index (κ2) is 12.4. The van der Waals surface area contributed by atoms with Gasteiger partial charge >= 0.3 is 0 Å². The Kier molecular flexibility index (Phi) is 9.09. The number of hydrogen-bond donors (Lipinski definition) is 2. The molecule has 0 saturated carbocycles. The molecule has 0 saturated heterocycles. The van der Waals surface area contributed by atoms with Crippen LogP contribution in [0.2, 0.25) is 0 Å². The van der Waals surface area contributed by atoms with Crippen LogP contribution in [0.5, 0.6) is 5.75 Å². The molecule has 2 N–H and O–H groups in total. The number of amides is 2. The molecule has 0 unspecified atom stereocenters. The predicted octanol–water partition coefficient (Wildman–Crippen LogP) is 5.43. The van der Waals surface area contributed by atoms with Crippen molar-refractivity contribution in [2.75, 3.05) is 30.8 Å². The second-order valence-corrected chi connectivity index (χ2v) is 8.68. The van der Waals surface area contributed by atoms with Crippen LogP contribution in [0.25, 0.3) is 0 Å². The lowest BCUT2D eigenvalue weighted by Gasteiger charge is -2.18. The number of nitrogens with one attached hydrogen (secondary N) is 2. The van der Waals surface area contributed by atoms with Crippen molar-refractivity contribution >= 4 is 23.2 Å². The zero-order valence-electron chi connectivity index (χ0n) is 20.1. The normalized spacial score (nSPS) is 10.6. The van der Waals surface area contributed by atoms with Gasteiger partial charge in [0.1, 0.15) is 5.75 Å². The first-order valence-corrected chi connectivity index (χ1v) is 11.6. The minimum Gasteiger partial charge on any atom is -0.494 e. The van der Waals surface area contributed by atoms with E-state index in [1.54, 1.807) is 36.2 Å². The summed E-state index contributed by atoms with van der Waals surface area (Å²) in [6.45, 7) is 5.65. The topological polar surface area (TPSA) is 70.7 Å². The molecule has 6 heteroatoms. The molecule has 0 aliphatic carbocycles. The molecule has 3 rings (SSSR count). The fraction of sp³-hybridized carbons (Fsp3) is 0.286. The van der Waals surface area contributed by atoms with Gasteiger partial charge in [-0.05, 0) is 60.4 Å². The fourth-order valence-corrected chi connectivity index (χ4v) is 3.35. The van der Waals surface area contributed by atoms with Crippen molar-refractivity contribution in [3.05, 3.63) is 90.0 Å². The van der Waals surface area contributed by atoms with E-state index < -0.39 is 0 Å². The third-order valence-electron chi connectivity index (χ3n) is 5.27. The van der Waals surface area contributed by atoms with Crippen LogP contribution in [0.4, 0.5) is 11.4 Å². The number of rotatable bonds is 11. The third-order valence-corrected chi connectivity index (χ3v) is 5.27. The molecule has 0 heterocycles. The van der Waals surface area contributed by atoms with Crippen molar-refractivity contribution < 1.29 is 14.3 Å². The minimum absolute atomic E-state index is 0.103. The van der Waals surface area contributed by atoms with E-state index in [1.807, 2.05) is 54.6 Å². The molecule has 0 spiro atoms. The van der Waals surface area contributed by atoms with Gasteiger partial charge in [0.2, 0.25) is 5.91 Å². The van der Waals surface area contributed by atoms with Gasteiger partial charge in [0.05, 0.1) is 13.2 Å². The standard InChI is InChI=1S/C28H33N3O3/c1-21(2)16-17-34-26-14-12-24(13-15-26)29-19-27(32)30-25-11-7-10-23(18-25)28(33)31(3)20-22-8-5-4-6-9-22/h4-15,18,21,29H,16-17,19-20H2,1-3H3,(H,30,32). The quantitative estimate of drug-likeness (QED) is 0.401. The number of carbonyl (C=O) groups excluding carboxylic acids is 2. The zero-order valence-corrected chi connectivity index (χ0v) is 20.1. The molecule has 3 aromatic rings. The molecule has 34 heavy (non-hydrogen) atoms. The third kappa shape index (κ3) is 7.96. The highest BCUT2D eigenvalue weighted by Crippen LogP contribution is 2.17. The van der Waals surface area contributed by atoms with Crippen molar-refractivity contribution in [1.82, 2.24) is 4.90 Å². The average Bonchev–Trinajstić information content (AvgIpc) is 2.83. The Hall–Kier alpha value is -3.80. The largest absolute Gasteiger partial charge is 0.494 e. The van der Waals surface area contributed by atoms with Gasteiger partial charge in [0.15, 0.2) is 0 Å². The van der Waals surface area contributed by atoms with E-state index in [2.05, 4.69) is 24.5 Å². The second-order valence-electron chi connectivity index (χ2n) is 8.68. The first-order chi connectivity index (χ1) is 16.4. The highest BCUT2D eigenvalue weighted by atomic mass is 16.5. The zero-order chi connectivity index (χ0) is 24.3. The summed E-state index contributed by atoms with van der Waals surface area (Å²) in [7, 11) is 1.77. The van der Waals surface area contributed by atoms with Crippen LogP contribution in [0, 0.1) is 5.92 Å². The summed E-state index contributed by atoms with van der Waals surface area (Å²) in [6, 6.07) is 24.4. The predicted molar refractivity (Wildman–Crippen MR) is 137 cm³/mol. The van der Waals surface area contributed by atoms with Crippen LogP contribution < -0.4 is 15.4 Å². The molecule has 0 aliphatic rings. The lowest BCUT2D eigenvalue weighted by Crippen LogP contribution is -2.26. The fourth-order valence-electron chi connectivity index (χ4n) is 3.35. The van der Waals surface area contributed by atoms with Crippen molar-refractivity contribution in [2.24, 2.45) is 5.92 Å². The van der Waals surface area contributed by atoms with E-state index in [-0.39, 0.29) is 18.4 Å². The van der Waals surface area contributed by atoms with Gasteiger partial charge in [0, 0.05) is 30.5 Å². The maximum absolute atomic E-state index is 12.8. The molecule has 0 aliphatic heterocycles. The molecule has 6 nitrogen and oxygen atoms in total. The summed E-state index contributed by atoms with van der Waals surface area (Å²) in [6.07, 6.45) is 1.01. The maximum Gasteiger partial charge on any atom is 0.253 e.